The summed E-state index contributed by atoms with van der Waals surface area (Å²) in [5, 5.41) is 0. The van der Waals surface area contributed by atoms with E-state index in [0.29, 0.717) is 11.6 Å². The second-order valence-electron chi connectivity index (χ2n) is 4.80. The number of hydrogen-bond acceptors (Lipinski definition) is 3. The van der Waals surface area contributed by atoms with E-state index in [0.717, 1.165) is 17.5 Å². The molecule has 0 atom stereocenters. The number of benzene rings is 2. The molecule has 104 valence electrons. The second-order valence-corrected chi connectivity index (χ2v) is 4.80. The number of rotatable bonds is 3. The maximum absolute atomic E-state index is 11.9. The van der Waals surface area contributed by atoms with Crippen molar-refractivity contribution in [2.75, 3.05) is 0 Å². The van der Waals surface area contributed by atoms with Crippen molar-refractivity contribution in [2.45, 2.75) is 13.3 Å². The minimum absolute atomic E-state index is 0.332. The molecule has 0 aromatic heterocycles. The molecule has 0 N–H and O–H groups in total. The van der Waals surface area contributed by atoms with E-state index in [1.54, 1.807) is 6.08 Å². The highest BCUT2D eigenvalue weighted by Gasteiger charge is 2.23. The first-order valence-corrected chi connectivity index (χ1v) is 6.93. The third kappa shape index (κ3) is 2.92. The van der Waals surface area contributed by atoms with Gasteiger partial charge in [-0.15, -0.1) is 0 Å². The van der Waals surface area contributed by atoms with Crippen LogP contribution in [0.15, 0.2) is 65.3 Å². The van der Waals surface area contributed by atoms with Crippen molar-refractivity contribution < 1.29 is 9.53 Å². The summed E-state index contributed by atoms with van der Waals surface area (Å²) in [6, 6.07) is 17.5. The summed E-state index contributed by atoms with van der Waals surface area (Å²) in [6.45, 7) is 2.11. The molecule has 3 nitrogen and oxygen atoms in total. The number of carbonyl (C=O) groups is 1. The maximum Gasteiger partial charge on any atom is 0.363 e. The highest BCUT2D eigenvalue weighted by atomic mass is 16.6. The van der Waals surface area contributed by atoms with Crippen LogP contribution in [0.5, 0.6) is 0 Å². The highest BCUT2D eigenvalue weighted by molar-refractivity contribution is 6.12. The fourth-order valence-corrected chi connectivity index (χ4v) is 2.12. The minimum Gasteiger partial charge on any atom is -0.402 e. The average Bonchev–Trinajstić information content (AvgIpc) is 2.90. The molecule has 1 aliphatic heterocycles. The molecular weight excluding hydrogens is 262 g/mol. The Bertz CT molecular complexity index is 713. The largest absolute Gasteiger partial charge is 0.402 e. The summed E-state index contributed by atoms with van der Waals surface area (Å²) in [5.74, 6) is -0.0505. The summed E-state index contributed by atoms with van der Waals surface area (Å²) in [4.78, 5) is 16.2. The maximum atomic E-state index is 11.9. The molecule has 1 aliphatic rings. The third-order valence-electron chi connectivity index (χ3n) is 3.33. The van der Waals surface area contributed by atoms with Crippen LogP contribution in [0, 0.1) is 0 Å². The quantitative estimate of drug-likeness (QED) is 0.635. The van der Waals surface area contributed by atoms with Gasteiger partial charge in [-0.2, -0.15) is 0 Å². The summed E-state index contributed by atoms with van der Waals surface area (Å²) < 4.78 is 5.22. The van der Waals surface area contributed by atoms with Gasteiger partial charge in [-0.25, -0.2) is 9.79 Å². The van der Waals surface area contributed by atoms with Gasteiger partial charge in [0.2, 0.25) is 5.90 Å². The number of aryl methyl sites for hydroxylation is 1. The lowest BCUT2D eigenvalue weighted by atomic mass is 10.1. The van der Waals surface area contributed by atoms with Gasteiger partial charge in [-0.1, -0.05) is 49.4 Å². The topological polar surface area (TPSA) is 38.7 Å². The second kappa shape index (κ2) is 5.75. The molecule has 3 heteroatoms. The lowest BCUT2D eigenvalue weighted by molar-refractivity contribution is -0.129. The number of hydrogen-bond donors (Lipinski definition) is 0. The Hall–Kier alpha value is -2.68. The van der Waals surface area contributed by atoms with Gasteiger partial charge in [0.05, 0.1) is 0 Å². The van der Waals surface area contributed by atoms with E-state index < -0.39 is 5.97 Å². The zero-order chi connectivity index (χ0) is 14.7. The van der Waals surface area contributed by atoms with E-state index >= 15 is 0 Å². The van der Waals surface area contributed by atoms with Crippen LogP contribution in [-0.2, 0) is 16.0 Å². The van der Waals surface area contributed by atoms with Gasteiger partial charge >= 0.3 is 5.97 Å². The first-order valence-electron chi connectivity index (χ1n) is 6.93. The molecule has 1 heterocycles. The Morgan fingerprint density at radius 2 is 1.76 bits per heavy atom. The molecule has 0 fully saturated rings. The third-order valence-corrected chi connectivity index (χ3v) is 3.33. The Morgan fingerprint density at radius 3 is 2.43 bits per heavy atom. The number of ether oxygens (including phenoxy) is 1. The van der Waals surface area contributed by atoms with Gasteiger partial charge in [-0.05, 0) is 35.8 Å². The Balaban J connectivity index is 1.89. The van der Waals surface area contributed by atoms with E-state index in [-0.39, 0.29) is 0 Å². The summed E-state index contributed by atoms with van der Waals surface area (Å²) in [5.41, 5.74) is 3.34. The zero-order valence-electron chi connectivity index (χ0n) is 11.7. The van der Waals surface area contributed by atoms with Crippen LogP contribution in [0.2, 0.25) is 0 Å². The monoisotopic (exact) mass is 277 g/mol. The summed E-state index contributed by atoms with van der Waals surface area (Å²) in [7, 11) is 0. The molecule has 0 amide bonds. The first kappa shape index (κ1) is 13.3. The molecule has 0 radical (unpaired) electrons. The molecule has 2 aromatic carbocycles. The first-order chi connectivity index (χ1) is 10.3. The molecule has 0 saturated carbocycles. The lowest BCUT2D eigenvalue weighted by Gasteiger charge is -1.97. The molecule has 0 spiro atoms. The van der Waals surface area contributed by atoms with Gasteiger partial charge in [-0.3, -0.25) is 0 Å². The van der Waals surface area contributed by atoms with E-state index in [4.69, 9.17) is 4.74 Å². The van der Waals surface area contributed by atoms with Crippen molar-refractivity contribution in [3.63, 3.8) is 0 Å². The highest BCUT2D eigenvalue weighted by Crippen LogP contribution is 2.19. The summed E-state index contributed by atoms with van der Waals surface area (Å²) >= 11 is 0. The van der Waals surface area contributed by atoms with Crippen molar-refractivity contribution in [2.24, 2.45) is 4.99 Å². The fourth-order valence-electron chi connectivity index (χ4n) is 2.12. The standard InChI is InChI=1S/C18H15NO2/c1-2-13-8-10-14(11-9-13)12-16-18(20)21-17(19-16)15-6-4-3-5-7-15/h3-12H,2H2,1H3/b16-12+. The van der Waals surface area contributed by atoms with Crippen molar-refractivity contribution in [1.82, 2.24) is 0 Å². The van der Waals surface area contributed by atoms with Crippen molar-refractivity contribution in [3.8, 4) is 0 Å². The predicted octanol–water partition coefficient (Wildman–Crippen LogP) is 3.59. The van der Waals surface area contributed by atoms with Crippen LogP contribution in [0.1, 0.15) is 23.6 Å². The van der Waals surface area contributed by atoms with Crippen LogP contribution in [0.3, 0.4) is 0 Å². The average molecular weight is 277 g/mol. The number of esters is 1. The van der Waals surface area contributed by atoms with Crippen molar-refractivity contribution in [3.05, 3.63) is 77.0 Å². The number of cyclic esters (lactones) is 1. The van der Waals surface area contributed by atoms with Crippen molar-refractivity contribution >= 4 is 17.9 Å². The minimum atomic E-state index is -0.409. The van der Waals surface area contributed by atoms with E-state index in [1.165, 1.54) is 5.56 Å². The van der Waals surface area contributed by atoms with Gasteiger partial charge in [0.25, 0.3) is 0 Å². The van der Waals surface area contributed by atoms with E-state index in [2.05, 4.69) is 24.0 Å². The fraction of sp³-hybridized carbons (Fsp3) is 0.111. The van der Waals surface area contributed by atoms with Gasteiger partial charge < -0.3 is 4.74 Å². The number of carbonyl (C=O) groups excluding carboxylic acids is 1. The Morgan fingerprint density at radius 1 is 1.05 bits per heavy atom. The molecule has 0 bridgehead atoms. The van der Waals surface area contributed by atoms with Crippen LogP contribution >= 0.6 is 0 Å². The van der Waals surface area contributed by atoms with Crippen LogP contribution < -0.4 is 0 Å². The van der Waals surface area contributed by atoms with Gasteiger partial charge in [0.1, 0.15) is 0 Å². The van der Waals surface area contributed by atoms with Crippen molar-refractivity contribution in [1.29, 1.82) is 0 Å². The zero-order valence-corrected chi connectivity index (χ0v) is 11.7. The lowest BCUT2D eigenvalue weighted by Crippen LogP contribution is -2.04. The van der Waals surface area contributed by atoms with E-state index in [1.807, 2.05) is 42.5 Å². The SMILES string of the molecule is CCc1ccc(/C=C2/N=C(c3ccccc3)OC2=O)cc1. The van der Waals surface area contributed by atoms with E-state index in [9.17, 15) is 4.79 Å². The molecule has 0 aliphatic carbocycles. The number of nitrogens with zero attached hydrogens (tertiary/aromatic N) is 1. The predicted molar refractivity (Wildman–Crippen MR) is 82.9 cm³/mol. The molecule has 3 rings (SSSR count). The Labute approximate surface area is 123 Å². The Kier molecular flexibility index (Phi) is 3.65. The molecule has 0 unspecified atom stereocenters. The molecule has 2 aromatic rings. The number of aliphatic imine (C=N–C) groups is 1. The molecule has 21 heavy (non-hydrogen) atoms. The van der Waals surface area contributed by atoms with Gasteiger partial charge in [0, 0.05) is 5.56 Å². The summed E-state index contributed by atoms with van der Waals surface area (Å²) in [6.07, 6.45) is 2.74. The normalized spacial score (nSPS) is 16.0. The molecular formula is C18H15NO2. The van der Waals surface area contributed by atoms with Crippen LogP contribution in [0.25, 0.3) is 6.08 Å². The van der Waals surface area contributed by atoms with Gasteiger partial charge in [0.15, 0.2) is 5.70 Å². The van der Waals surface area contributed by atoms with Crippen LogP contribution in [-0.4, -0.2) is 11.9 Å². The molecule has 0 saturated heterocycles. The van der Waals surface area contributed by atoms with Crippen LogP contribution in [0.4, 0.5) is 0 Å². The smallest absolute Gasteiger partial charge is 0.363 e.